The summed E-state index contributed by atoms with van der Waals surface area (Å²) in [5.74, 6) is 0.675. The predicted molar refractivity (Wildman–Crippen MR) is 76.9 cm³/mol. The van der Waals surface area contributed by atoms with Crippen molar-refractivity contribution in [2.24, 2.45) is 5.92 Å². The van der Waals surface area contributed by atoms with E-state index in [2.05, 4.69) is 10.6 Å². The third kappa shape index (κ3) is 3.69. The summed E-state index contributed by atoms with van der Waals surface area (Å²) in [7, 11) is 1.60. The van der Waals surface area contributed by atoms with E-state index < -0.39 is 4.92 Å². The van der Waals surface area contributed by atoms with Crippen LogP contribution in [0.15, 0.2) is 18.2 Å². The molecule has 0 heterocycles. The number of rotatable bonds is 7. The van der Waals surface area contributed by atoms with Gasteiger partial charge in [0.15, 0.2) is 0 Å². The van der Waals surface area contributed by atoms with Gasteiger partial charge in [0.2, 0.25) is 0 Å². The lowest BCUT2D eigenvalue weighted by Gasteiger charge is -2.07. The molecule has 1 aromatic carbocycles. The van der Waals surface area contributed by atoms with E-state index >= 15 is 0 Å². The van der Waals surface area contributed by atoms with Crippen LogP contribution in [0.5, 0.6) is 0 Å². The van der Waals surface area contributed by atoms with Crippen LogP contribution in [0.1, 0.15) is 36.0 Å². The molecule has 0 aromatic heterocycles. The number of carbonyl (C=O) groups is 1. The van der Waals surface area contributed by atoms with Crippen molar-refractivity contribution in [2.75, 3.05) is 18.9 Å². The first-order valence-corrected chi connectivity index (χ1v) is 6.86. The summed E-state index contributed by atoms with van der Waals surface area (Å²) in [6.45, 7) is 0.654. The van der Waals surface area contributed by atoms with Crippen LogP contribution in [-0.4, -0.2) is 24.4 Å². The van der Waals surface area contributed by atoms with Crippen molar-refractivity contribution in [3.05, 3.63) is 33.9 Å². The van der Waals surface area contributed by atoms with E-state index in [-0.39, 0.29) is 11.6 Å². The lowest BCUT2D eigenvalue weighted by atomic mass is 10.1. The number of nitro groups is 1. The molecule has 2 N–H and O–H groups in total. The molecule has 1 amide bonds. The van der Waals surface area contributed by atoms with Crippen LogP contribution in [0.25, 0.3) is 0 Å². The van der Waals surface area contributed by atoms with E-state index in [1.807, 2.05) is 0 Å². The molecular weight excluding hydrogens is 258 g/mol. The molecule has 0 bridgehead atoms. The van der Waals surface area contributed by atoms with Crippen LogP contribution in [0.3, 0.4) is 0 Å². The van der Waals surface area contributed by atoms with Gasteiger partial charge in [-0.2, -0.15) is 0 Å². The molecule has 0 saturated heterocycles. The van der Waals surface area contributed by atoms with Crippen LogP contribution in [0, 0.1) is 16.0 Å². The summed E-state index contributed by atoms with van der Waals surface area (Å²) in [5.41, 5.74) is 0.754. The average Bonchev–Trinajstić information content (AvgIpc) is 3.26. The topological polar surface area (TPSA) is 84.3 Å². The maximum Gasteiger partial charge on any atom is 0.292 e. The third-order valence-electron chi connectivity index (χ3n) is 3.50. The second kappa shape index (κ2) is 6.36. The highest BCUT2D eigenvalue weighted by Gasteiger charge is 2.20. The molecule has 0 aliphatic heterocycles. The number of hydrogen-bond donors (Lipinski definition) is 2. The van der Waals surface area contributed by atoms with Gasteiger partial charge in [-0.15, -0.1) is 0 Å². The Labute approximate surface area is 117 Å². The van der Waals surface area contributed by atoms with E-state index in [0.29, 0.717) is 17.8 Å². The molecule has 1 fully saturated rings. The Balaban J connectivity index is 1.92. The molecule has 20 heavy (non-hydrogen) atoms. The lowest BCUT2D eigenvalue weighted by Crippen LogP contribution is -2.24. The molecule has 0 spiro atoms. The van der Waals surface area contributed by atoms with Gasteiger partial charge >= 0.3 is 0 Å². The molecule has 1 aliphatic rings. The molecule has 6 nitrogen and oxygen atoms in total. The second-order valence-corrected chi connectivity index (χ2v) is 5.08. The van der Waals surface area contributed by atoms with Crippen molar-refractivity contribution in [3.63, 3.8) is 0 Å². The zero-order chi connectivity index (χ0) is 14.5. The summed E-state index contributed by atoms with van der Waals surface area (Å²) in [6, 6.07) is 4.34. The van der Waals surface area contributed by atoms with Crippen molar-refractivity contribution in [1.82, 2.24) is 5.32 Å². The molecule has 1 aromatic rings. The van der Waals surface area contributed by atoms with Gasteiger partial charge in [-0.1, -0.05) is 12.8 Å². The Kier molecular flexibility index (Phi) is 4.55. The Bertz CT molecular complexity index is 512. The predicted octanol–water partition coefficient (Wildman–Crippen LogP) is 2.56. The quantitative estimate of drug-likeness (QED) is 0.455. The van der Waals surface area contributed by atoms with E-state index in [0.717, 1.165) is 12.3 Å². The van der Waals surface area contributed by atoms with Crippen LogP contribution in [-0.2, 0) is 0 Å². The monoisotopic (exact) mass is 277 g/mol. The smallest absolute Gasteiger partial charge is 0.292 e. The van der Waals surface area contributed by atoms with E-state index in [9.17, 15) is 14.9 Å². The first-order valence-electron chi connectivity index (χ1n) is 6.86. The Morgan fingerprint density at radius 1 is 1.45 bits per heavy atom. The van der Waals surface area contributed by atoms with Crippen molar-refractivity contribution in [1.29, 1.82) is 0 Å². The minimum absolute atomic E-state index is 0.0298. The minimum atomic E-state index is -0.469. The molecule has 0 unspecified atom stereocenters. The van der Waals surface area contributed by atoms with Crippen molar-refractivity contribution >= 4 is 17.3 Å². The number of carbonyl (C=O) groups excluding carboxylic acids is 1. The van der Waals surface area contributed by atoms with Crippen molar-refractivity contribution in [3.8, 4) is 0 Å². The summed E-state index contributed by atoms with van der Waals surface area (Å²) >= 11 is 0. The van der Waals surface area contributed by atoms with E-state index in [4.69, 9.17) is 0 Å². The third-order valence-corrected chi connectivity index (χ3v) is 3.50. The number of anilines is 1. The highest BCUT2D eigenvalue weighted by Crippen LogP contribution is 2.33. The molecule has 1 aliphatic carbocycles. The van der Waals surface area contributed by atoms with Crippen LogP contribution < -0.4 is 10.6 Å². The summed E-state index contributed by atoms with van der Waals surface area (Å²) in [6.07, 6.45) is 4.80. The maximum absolute atomic E-state index is 11.9. The Morgan fingerprint density at radius 3 is 2.80 bits per heavy atom. The van der Waals surface area contributed by atoms with E-state index in [1.165, 1.54) is 37.5 Å². The van der Waals surface area contributed by atoms with Gasteiger partial charge < -0.3 is 10.6 Å². The molecule has 1 saturated carbocycles. The Morgan fingerprint density at radius 2 is 2.20 bits per heavy atom. The van der Waals surface area contributed by atoms with Gasteiger partial charge in [0, 0.05) is 25.2 Å². The normalized spacial score (nSPS) is 13.8. The summed E-state index contributed by atoms with van der Waals surface area (Å²) in [5, 5.41) is 16.4. The summed E-state index contributed by atoms with van der Waals surface area (Å²) in [4.78, 5) is 22.3. The van der Waals surface area contributed by atoms with Crippen LogP contribution in [0.2, 0.25) is 0 Å². The summed E-state index contributed by atoms with van der Waals surface area (Å²) < 4.78 is 0. The molecule has 6 heteroatoms. The zero-order valence-corrected chi connectivity index (χ0v) is 11.5. The van der Waals surface area contributed by atoms with Crippen molar-refractivity contribution < 1.29 is 9.72 Å². The standard InChI is InChI=1S/C14H19N3O3/c1-15-12-9-11(6-7-13(12)17(19)20)14(18)16-8-2-3-10-4-5-10/h6-7,9-10,15H,2-5,8H2,1H3,(H,16,18). The highest BCUT2D eigenvalue weighted by atomic mass is 16.6. The van der Waals surface area contributed by atoms with Crippen LogP contribution in [0.4, 0.5) is 11.4 Å². The Hall–Kier alpha value is -2.11. The number of nitrogens with one attached hydrogen (secondary N) is 2. The zero-order valence-electron chi connectivity index (χ0n) is 11.5. The number of amides is 1. The lowest BCUT2D eigenvalue weighted by molar-refractivity contribution is -0.383. The fourth-order valence-corrected chi connectivity index (χ4v) is 2.14. The number of nitrogens with zero attached hydrogens (tertiary/aromatic N) is 1. The van der Waals surface area contributed by atoms with E-state index in [1.54, 1.807) is 7.05 Å². The van der Waals surface area contributed by atoms with Gasteiger partial charge in [0.1, 0.15) is 5.69 Å². The maximum atomic E-state index is 11.9. The molecular formula is C14H19N3O3. The van der Waals surface area contributed by atoms with Gasteiger partial charge in [-0.3, -0.25) is 14.9 Å². The molecule has 2 rings (SSSR count). The largest absolute Gasteiger partial charge is 0.383 e. The van der Waals surface area contributed by atoms with Gasteiger partial charge in [0.25, 0.3) is 11.6 Å². The SMILES string of the molecule is CNc1cc(C(=O)NCCCC2CC2)ccc1[N+](=O)[O-]. The number of benzene rings is 1. The second-order valence-electron chi connectivity index (χ2n) is 5.08. The first kappa shape index (κ1) is 14.3. The fourth-order valence-electron chi connectivity index (χ4n) is 2.14. The first-order chi connectivity index (χ1) is 9.61. The van der Waals surface area contributed by atoms with Gasteiger partial charge in [0.05, 0.1) is 4.92 Å². The van der Waals surface area contributed by atoms with Crippen molar-refractivity contribution in [2.45, 2.75) is 25.7 Å². The number of hydrogen-bond acceptors (Lipinski definition) is 4. The minimum Gasteiger partial charge on any atom is -0.383 e. The molecule has 0 atom stereocenters. The number of nitro benzene ring substituents is 1. The van der Waals surface area contributed by atoms with Gasteiger partial charge in [-0.25, -0.2) is 0 Å². The average molecular weight is 277 g/mol. The molecule has 0 radical (unpaired) electrons. The van der Waals surface area contributed by atoms with Crippen LogP contribution >= 0.6 is 0 Å². The highest BCUT2D eigenvalue weighted by molar-refractivity contribution is 5.95. The molecule has 108 valence electrons. The van der Waals surface area contributed by atoms with Gasteiger partial charge in [-0.05, 0) is 30.9 Å². The fraction of sp³-hybridized carbons (Fsp3) is 0.500.